The van der Waals surface area contributed by atoms with Crippen molar-refractivity contribution in [3.05, 3.63) is 48.5 Å². The van der Waals surface area contributed by atoms with Gasteiger partial charge in [-0.15, -0.1) is 0 Å². The van der Waals surface area contributed by atoms with Gasteiger partial charge in [0, 0.05) is 13.1 Å². The van der Waals surface area contributed by atoms with Gasteiger partial charge in [0.1, 0.15) is 0 Å². The van der Waals surface area contributed by atoms with Crippen molar-refractivity contribution in [1.82, 2.24) is 0 Å². The zero-order valence-corrected chi connectivity index (χ0v) is 17.4. The molecule has 0 radical (unpaired) electrons. The molecule has 0 aromatic heterocycles. The lowest BCUT2D eigenvalue weighted by Crippen LogP contribution is -2.33. The zero-order chi connectivity index (χ0) is 21.2. The first-order valence-electron chi connectivity index (χ1n) is 9.10. The third kappa shape index (κ3) is 4.69. The van der Waals surface area contributed by atoms with Crippen molar-refractivity contribution >= 4 is 31.2 Å². The van der Waals surface area contributed by atoms with Crippen molar-refractivity contribution in [3.63, 3.8) is 0 Å². The van der Waals surface area contributed by atoms with Crippen LogP contribution in [-0.4, -0.2) is 35.7 Å². The maximum Gasteiger partial charge on any atom is 0.341 e. The van der Waals surface area contributed by atoms with Crippen molar-refractivity contribution in [3.8, 4) is 0 Å². The molecule has 0 atom stereocenters. The third-order valence-corrected chi connectivity index (χ3v) is 7.75. The number of alkyl halides is 2. The summed E-state index contributed by atoms with van der Waals surface area (Å²) in [6.45, 7) is 3.82. The molecule has 0 spiro atoms. The summed E-state index contributed by atoms with van der Waals surface area (Å²) in [6.07, 6.45) is 2.03. The van der Waals surface area contributed by atoms with E-state index in [0.717, 1.165) is 55.9 Å². The molecule has 1 saturated heterocycles. The minimum atomic E-state index is -4.78. The van der Waals surface area contributed by atoms with Gasteiger partial charge in [0.05, 0.1) is 21.2 Å². The van der Waals surface area contributed by atoms with Gasteiger partial charge in [0.25, 0.3) is 10.0 Å². The van der Waals surface area contributed by atoms with Crippen LogP contribution in [0.15, 0.2) is 58.3 Å². The third-order valence-electron chi connectivity index (χ3n) is 4.97. The summed E-state index contributed by atoms with van der Waals surface area (Å²) in [5.74, 6) is -2.94. The predicted molar refractivity (Wildman–Crippen MR) is 107 cm³/mol. The molecule has 29 heavy (non-hydrogen) atoms. The summed E-state index contributed by atoms with van der Waals surface area (Å²) in [5.41, 5.74) is 1.17. The topological polar surface area (TPSA) is 83.6 Å². The summed E-state index contributed by atoms with van der Waals surface area (Å²) in [4.78, 5) is 1.28. The molecule has 10 heteroatoms. The lowest BCUT2D eigenvalue weighted by Gasteiger charge is -2.33. The molecule has 1 N–H and O–H groups in total. The van der Waals surface area contributed by atoms with Crippen LogP contribution in [0.25, 0.3) is 0 Å². The first-order valence-corrected chi connectivity index (χ1v) is 12.1. The van der Waals surface area contributed by atoms with Crippen LogP contribution in [0.1, 0.15) is 19.8 Å². The van der Waals surface area contributed by atoms with E-state index in [1.165, 1.54) is 0 Å². The van der Waals surface area contributed by atoms with Crippen LogP contribution >= 0.6 is 0 Å². The second-order valence-electron chi connectivity index (χ2n) is 7.07. The van der Waals surface area contributed by atoms with Gasteiger partial charge in [0.2, 0.25) is 9.84 Å². The number of para-hydroxylation sites is 2. The van der Waals surface area contributed by atoms with Crippen LogP contribution in [0.4, 0.5) is 20.2 Å². The average Bonchev–Trinajstić information content (AvgIpc) is 2.69. The Morgan fingerprint density at radius 3 is 2.07 bits per heavy atom. The number of hydrogen-bond donors (Lipinski definition) is 1. The lowest BCUT2D eigenvalue weighted by molar-refractivity contribution is 0.234. The average molecular weight is 445 g/mol. The summed E-state index contributed by atoms with van der Waals surface area (Å²) >= 11 is 0. The lowest BCUT2D eigenvalue weighted by atomic mass is 9.98. The number of halogens is 2. The Bertz CT molecular complexity index is 1060. The molecule has 2 aromatic rings. The number of nitrogens with one attached hydrogen (secondary N) is 1. The minimum absolute atomic E-state index is 0.215. The van der Waals surface area contributed by atoms with Crippen molar-refractivity contribution in [2.24, 2.45) is 5.92 Å². The minimum Gasteiger partial charge on any atom is -0.370 e. The molecule has 6 nitrogen and oxygen atoms in total. The Morgan fingerprint density at radius 2 is 1.48 bits per heavy atom. The zero-order valence-electron chi connectivity index (χ0n) is 15.8. The van der Waals surface area contributed by atoms with E-state index in [2.05, 4.69) is 16.5 Å². The second-order valence-corrected chi connectivity index (χ2v) is 10.7. The fourth-order valence-electron chi connectivity index (χ4n) is 3.20. The van der Waals surface area contributed by atoms with Crippen LogP contribution in [0.2, 0.25) is 0 Å². The Hall–Kier alpha value is -2.20. The van der Waals surface area contributed by atoms with Gasteiger partial charge in [-0.25, -0.2) is 16.8 Å². The number of rotatable bonds is 6. The van der Waals surface area contributed by atoms with Crippen molar-refractivity contribution in [2.45, 2.75) is 35.3 Å². The van der Waals surface area contributed by atoms with Crippen molar-refractivity contribution in [1.29, 1.82) is 0 Å². The molecule has 1 aliphatic rings. The molecule has 3 rings (SSSR count). The number of sulfone groups is 1. The Morgan fingerprint density at radius 1 is 0.931 bits per heavy atom. The Balaban J connectivity index is 1.85. The second kappa shape index (κ2) is 8.27. The van der Waals surface area contributed by atoms with E-state index in [4.69, 9.17) is 0 Å². The van der Waals surface area contributed by atoms with E-state index in [1.807, 2.05) is 12.1 Å². The van der Waals surface area contributed by atoms with Crippen LogP contribution in [-0.2, 0) is 19.9 Å². The molecule has 1 aliphatic heterocycles. The smallest absolute Gasteiger partial charge is 0.341 e. The molecular formula is C19H22F2N2O4S2. The van der Waals surface area contributed by atoms with Gasteiger partial charge in [-0.05, 0) is 55.2 Å². The van der Waals surface area contributed by atoms with E-state index < -0.39 is 30.5 Å². The van der Waals surface area contributed by atoms with E-state index >= 15 is 0 Å². The Labute approximate surface area is 169 Å². The SMILES string of the molecule is CC1CCN(c2ccccc2NS(=O)(=O)c2ccc(S(=O)(=O)C(F)F)cc2)CC1. The van der Waals surface area contributed by atoms with E-state index in [9.17, 15) is 25.6 Å². The first-order chi connectivity index (χ1) is 13.6. The molecule has 0 amide bonds. The summed E-state index contributed by atoms with van der Waals surface area (Å²) in [5, 5.41) is 0. The summed E-state index contributed by atoms with van der Waals surface area (Å²) < 4.78 is 76.3. The fourth-order valence-corrected chi connectivity index (χ4v) is 5.00. The van der Waals surface area contributed by atoms with E-state index in [0.29, 0.717) is 11.6 Å². The van der Waals surface area contributed by atoms with Crippen LogP contribution < -0.4 is 9.62 Å². The largest absolute Gasteiger partial charge is 0.370 e. The molecule has 158 valence electrons. The van der Waals surface area contributed by atoms with E-state index in [-0.39, 0.29) is 4.90 Å². The predicted octanol–water partition coefficient (Wildman–Crippen LogP) is 3.72. The number of piperidine rings is 1. The monoisotopic (exact) mass is 444 g/mol. The molecule has 0 saturated carbocycles. The highest BCUT2D eigenvalue weighted by Gasteiger charge is 2.27. The fraction of sp³-hybridized carbons (Fsp3) is 0.368. The standard InChI is InChI=1S/C19H22F2N2O4S2/c1-14-10-12-23(13-11-14)18-5-3-2-4-17(18)22-29(26,27)16-8-6-15(7-9-16)28(24,25)19(20)21/h2-9,14,19,22H,10-13H2,1H3. The Kier molecular flexibility index (Phi) is 6.13. The van der Waals surface area contributed by atoms with Gasteiger partial charge in [-0.2, -0.15) is 8.78 Å². The molecule has 0 unspecified atom stereocenters. The number of nitrogens with zero attached hydrogens (tertiary/aromatic N) is 1. The van der Waals surface area contributed by atoms with Gasteiger partial charge >= 0.3 is 5.76 Å². The maximum atomic E-state index is 12.8. The highest BCUT2D eigenvalue weighted by molar-refractivity contribution is 7.93. The summed E-state index contributed by atoms with van der Waals surface area (Å²) in [6, 6.07) is 10.8. The van der Waals surface area contributed by atoms with Crippen molar-refractivity contribution < 1.29 is 25.6 Å². The molecule has 0 bridgehead atoms. The molecule has 2 aromatic carbocycles. The van der Waals surface area contributed by atoms with Crippen LogP contribution in [0.3, 0.4) is 0 Å². The van der Waals surface area contributed by atoms with Crippen LogP contribution in [0.5, 0.6) is 0 Å². The normalized spacial score (nSPS) is 16.2. The van der Waals surface area contributed by atoms with E-state index in [1.54, 1.807) is 12.1 Å². The highest BCUT2D eigenvalue weighted by atomic mass is 32.2. The molecule has 0 aliphatic carbocycles. The quantitative estimate of drug-likeness (QED) is 0.734. The first kappa shape index (κ1) is 21.5. The van der Waals surface area contributed by atoms with Crippen molar-refractivity contribution in [2.75, 3.05) is 22.7 Å². The number of hydrogen-bond acceptors (Lipinski definition) is 5. The number of anilines is 2. The number of sulfonamides is 1. The highest BCUT2D eigenvalue weighted by Crippen LogP contribution is 2.31. The molecule has 1 fully saturated rings. The number of benzene rings is 2. The maximum absolute atomic E-state index is 12.8. The van der Waals surface area contributed by atoms with Crippen LogP contribution in [0, 0.1) is 5.92 Å². The molecule has 1 heterocycles. The summed E-state index contributed by atoms with van der Waals surface area (Å²) in [7, 11) is -8.81. The van der Waals surface area contributed by atoms with Gasteiger partial charge in [-0.3, -0.25) is 4.72 Å². The molecular weight excluding hydrogens is 422 g/mol. The van der Waals surface area contributed by atoms with Gasteiger partial charge < -0.3 is 4.90 Å². The van der Waals surface area contributed by atoms with Gasteiger partial charge in [0.15, 0.2) is 0 Å². The van der Waals surface area contributed by atoms with Gasteiger partial charge in [-0.1, -0.05) is 19.1 Å².